The topological polar surface area (TPSA) is 95.1 Å². The molecule has 0 radical (unpaired) electrons. The summed E-state index contributed by atoms with van der Waals surface area (Å²) in [6, 6.07) is 6.18. The molecule has 0 unspecified atom stereocenters. The number of aromatic amines is 1. The van der Waals surface area contributed by atoms with Crippen LogP contribution in [0.4, 0.5) is 4.39 Å². The van der Waals surface area contributed by atoms with Crippen molar-refractivity contribution < 1.29 is 19.1 Å². The van der Waals surface area contributed by atoms with Crippen LogP contribution in [0, 0.1) is 11.7 Å². The van der Waals surface area contributed by atoms with Crippen LogP contribution in [0.15, 0.2) is 30.3 Å². The van der Waals surface area contributed by atoms with Crippen LogP contribution in [0.5, 0.6) is 0 Å². The molecule has 0 saturated heterocycles. The van der Waals surface area contributed by atoms with E-state index in [4.69, 9.17) is 5.11 Å². The summed E-state index contributed by atoms with van der Waals surface area (Å²) in [5.41, 5.74) is 1.27. The molecule has 0 aliphatic carbocycles. The van der Waals surface area contributed by atoms with E-state index in [1.54, 1.807) is 26.0 Å². The maximum absolute atomic E-state index is 12.9. The van der Waals surface area contributed by atoms with Gasteiger partial charge in [-0.05, 0) is 36.2 Å². The molecule has 116 valence electrons. The van der Waals surface area contributed by atoms with Gasteiger partial charge in [0, 0.05) is 5.56 Å². The standard InChI is InChI=1S/C15H16FN3O3/c1-8(2)13(15(21)22)17-14(20)12-7-11(18-19-12)9-3-5-10(16)6-4-9/h3-8,13H,1-2H3,(H,17,20)(H,18,19)(H,21,22)/t13-/m0/s1. The number of nitrogens with one attached hydrogen (secondary N) is 2. The highest BCUT2D eigenvalue weighted by Gasteiger charge is 2.24. The molecule has 7 heteroatoms. The largest absolute Gasteiger partial charge is 0.480 e. The number of halogens is 1. The molecule has 0 saturated carbocycles. The van der Waals surface area contributed by atoms with Crippen molar-refractivity contribution in [3.63, 3.8) is 0 Å². The number of carboxylic acids is 1. The van der Waals surface area contributed by atoms with E-state index in [1.807, 2.05) is 0 Å². The third-order valence-electron chi connectivity index (χ3n) is 3.18. The molecule has 2 rings (SSSR count). The van der Waals surface area contributed by atoms with Crippen molar-refractivity contribution in [2.45, 2.75) is 19.9 Å². The Bertz CT molecular complexity index is 680. The van der Waals surface area contributed by atoms with Crippen molar-refractivity contribution in [3.8, 4) is 11.3 Å². The average Bonchev–Trinajstić information content (AvgIpc) is 2.94. The molecule has 0 aliphatic rings. The summed E-state index contributed by atoms with van der Waals surface area (Å²) < 4.78 is 12.9. The number of carbonyl (C=O) groups excluding carboxylic acids is 1. The van der Waals surface area contributed by atoms with Gasteiger partial charge in [0.2, 0.25) is 0 Å². The number of rotatable bonds is 5. The molecule has 6 nitrogen and oxygen atoms in total. The normalized spacial score (nSPS) is 12.2. The molecular formula is C15H16FN3O3. The number of aromatic nitrogens is 2. The van der Waals surface area contributed by atoms with Crippen LogP contribution in [-0.4, -0.2) is 33.2 Å². The molecule has 0 aliphatic heterocycles. The van der Waals surface area contributed by atoms with Crippen LogP contribution in [0.2, 0.25) is 0 Å². The van der Waals surface area contributed by atoms with E-state index < -0.39 is 17.9 Å². The Kier molecular flexibility index (Phi) is 4.55. The van der Waals surface area contributed by atoms with E-state index in [9.17, 15) is 14.0 Å². The molecule has 0 fully saturated rings. The van der Waals surface area contributed by atoms with E-state index in [0.29, 0.717) is 11.3 Å². The van der Waals surface area contributed by atoms with Gasteiger partial charge >= 0.3 is 5.97 Å². The monoisotopic (exact) mass is 305 g/mol. The van der Waals surface area contributed by atoms with E-state index in [2.05, 4.69) is 15.5 Å². The Hall–Kier alpha value is -2.70. The van der Waals surface area contributed by atoms with Gasteiger partial charge in [0.1, 0.15) is 17.6 Å². The van der Waals surface area contributed by atoms with Crippen LogP contribution in [0.25, 0.3) is 11.3 Å². The summed E-state index contributed by atoms with van der Waals surface area (Å²) in [5.74, 6) is -2.26. The van der Waals surface area contributed by atoms with Crippen LogP contribution in [-0.2, 0) is 4.79 Å². The fourth-order valence-corrected chi connectivity index (χ4v) is 1.94. The molecule has 1 heterocycles. The Labute approximate surface area is 126 Å². The first kappa shape index (κ1) is 15.7. The second-order valence-corrected chi connectivity index (χ2v) is 5.21. The molecule has 2 aromatic rings. The Morgan fingerprint density at radius 1 is 1.27 bits per heavy atom. The van der Waals surface area contributed by atoms with Crippen molar-refractivity contribution in [1.29, 1.82) is 0 Å². The fraction of sp³-hybridized carbons (Fsp3) is 0.267. The lowest BCUT2D eigenvalue weighted by Crippen LogP contribution is -2.44. The molecule has 0 bridgehead atoms. The average molecular weight is 305 g/mol. The highest BCUT2D eigenvalue weighted by Crippen LogP contribution is 2.18. The number of H-pyrrole nitrogens is 1. The SMILES string of the molecule is CC(C)[C@H](NC(=O)c1cc(-c2ccc(F)cc2)n[nH]1)C(=O)O. The Balaban J connectivity index is 2.15. The molecule has 1 aromatic carbocycles. The third-order valence-corrected chi connectivity index (χ3v) is 3.18. The maximum atomic E-state index is 12.9. The fourth-order valence-electron chi connectivity index (χ4n) is 1.94. The summed E-state index contributed by atoms with van der Waals surface area (Å²) in [7, 11) is 0. The molecule has 1 aromatic heterocycles. The van der Waals surface area contributed by atoms with Gasteiger partial charge in [0.05, 0.1) is 5.69 Å². The predicted molar refractivity (Wildman–Crippen MR) is 77.7 cm³/mol. The molecule has 1 amide bonds. The van der Waals surface area contributed by atoms with Crippen molar-refractivity contribution >= 4 is 11.9 Å². The van der Waals surface area contributed by atoms with E-state index in [0.717, 1.165) is 0 Å². The third kappa shape index (κ3) is 3.49. The van der Waals surface area contributed by atoms with Crippen LogP contribution < -0.4 is 5.32 Å². The number of carboxylic acid groups (broad SMARTS) is 1. The number of carbonyl (C=O) groups is 2. The summed E-state index contributed by atoms with van der Waals surface area (Å²) in [6.07, 6.45) is 0. The van der Waals surface area contributed by atoms with Gasteiger partial charge in [-0.1, -0.05) is 13.8 Å². The summed E-state index contributed by atoms with van der Waals surface area (Å²) in [6.45, 7) is 3.41. The Morgan fingerprint density at radius 2 is 1.91 bits per heavy atom. The lowest BCUT2D eigenvalue weighted by molar-refractivity contribution is -0.140. The lowest BCUT2D eigenvalue weighted by Gasteiger charge is -2.17. The highest BCUT2D eigenvalue weighted by atomic mass is 19.1. The number of hydrogen-bond donors (Lipinski definition) is 3. The molecule has 3 N–H and O–H groups in total. The minimum atomic E-state index is -1.10. The van der Waals surface area contributed by atoms with Gasteiger partial charge in [-0.2, -0.15) is 5.10 Å². The van der Waals surface area contributed by atoms with Crippen molar-refractivity contribution in [2.24, 2.45) is 5.92 Å². The van der Waals surface area contributed by atoms with Crippen LogP contribution in [0.3, 0.4) is 0 Å². The van der Waals surface area contributed by atoms with Crippen LogP contribution in [0.1, 0.15) is 24.3 Å². The molecular weight excluding hydrogens is 289 g/mol. The minimum absolute atomic E-state index is 0.145. The van der Waals surface area contributed by atoms with E-state index >= 15 is 0 Å². The highest BCUT2D eigenvalue weighted by molar-refractivity contribution is 5.95. The Morgan fingerprint density at radius 3 is 2.45 bits per heavy atom. The predicted octanol–water partition coefficient (Wildman–Crippen LogP) is 2.05. The molecule has 1 atom stereocenters. The number of aliphatic carboxylic acids is 1. The van der Waals surface area contributed by atoms with Gasteiger partial charge in [-0.15, -0.1) is 0 Å². The minimum Gasteiger partial charge on any atom is -0.480 e. The van der Waals surface area contributed by atoms with E-state index in [1.165, 1.54) is 18.2 Å². The van der Waals surface area contributed by atoms with E-state index in [-0.39, 0.29) is 17.4 Å². The van der Waals surface area contributed by atoms with Crippen molar-refractivity contribution in [2.75, 3.05) is 0 Å². The number of amides is 1. The lowest BCUT2D eigenvalue weighted by atomic mass is 10.0. The van der Waals surface area contributed by atoms with Crippen molar-refractivity contribution in [1.82, 2.24) is 15.5 Å². The second-order valence-electron chi connectivity index (χ2n) is 5.21. The number of nitrogens with zero attached hydrogens (tertiary/aromatic N) is 1. The zero-order valence-electron chi connectivity index (χ0n) is 12.1. The van der Waals surface area contributed by atoms with Crippen molar-refractivity contribution in [3.05, 3.63) is 41.8 Å². The number of hydrogen-bond acceptors (Lipinski definition) is 3. The van der Waals surface area contributed by atoms with Gasteiger partial charge in [0.25, 0.3) is 5.91 Å². The number of benzene rings is 1. The summed E-state index contributed by atoms with van der Waals surface area (Å²) in [5, 5.41) is 18.0. The zero-order chi connectivity index (χ0) is 16.3. The first-order valence-electron chi connectivity index (χ1n) is 6.73. The smallest absolute Gasteiger partial charge is 0.326 e. The quantitative estimate of drug-likeness (QED) is 0.788. The first-order valence-corrected chi connectivity index (χ1v) is 6.73. The van der Waals surface area contributed by atoms with Gasteiger partial charge in [-0.3, -0.25) is 9.89 Å². The summed E-state index contributed by atoms with van der Waals surface area (Å²) in [4.78, 5) is 23.1. The van der Waals surface area contributed by atoms with Gasteiger partial charge < -0.3 is 10.4 Å². The second kappa shape index (κ2) is 6.38. The summed E-state index contributed by atoms with van der Waals surface area (Å²) >= 11 is 0. The van der Waals surface area contributed by atoms with Crippen LogP contribution >= 0.6 is 0 Å². The molecule has 0 spiro atoms. The first-order chi connectivity index (χ1) is 10.4. The van der Waals surface area contributed by atoms with Gasteiger partial charge in [-0.25, -0.2) is 9.18 Å². The van der Waals surface area contributed by atoms with Gasteiger partial charge in [0.15, 0.2) is 0 Å². The molecule has 22 heavy (non-hydrogen) atoms. The maximum Gasteiger partial charge on any atom is 0.326 e. The zero-order valence-corrected chi connectivity index (χ0v) is 12.1.